The highest BCUT2D eigenvalue weighted by Gasteiger charge is 2.33. The smallest absolute Gasteiger partial charge is 0.342 e. The lowest BCUT2D eigenvalue weighted by Crippen LogP contribution is -2.29. The van der Waals surface area contributed by atoms with E-state index in [2.05, 4.69) is 4.72 Å². The Morgan fingerprint density at radius 3 is 2.23 bits per heavy atom. The molecule has 10 nitrogen and oxygen atoms in total. The van der Waals surface area contributed by atoms with Gasteiger partial charge < -0.3 is 23.4 Å². The van der Waals surface area contributed by atoms with E-state index in [4.69, 9.17) is 23.4 Å². The number of esters is 2. The topological polar surface area (TPSA) is 130 Å². The highest BCUT2D eigenvalue weighted by atomic mass is 32.2. The highest BCUT2D eigenvalue weighted by Crippen LogP contribution is 2.41. The summed E-state index contributed by atoms with van der Waals surface area (Å²) in [6.07, 6.45) is -0.135. The molecule has 6 rings (SSSR count). The van der Waals surface area contributed by atoms with E-state index >= 15 is 0 Å². The van der Waals surface area contributed by atoms with Gasteiger partial charge in [0.05, 0.1) is 25.0 Å². The SMILES string of the molecule is CCOC(=O)c1c(-c2ccc(Oc3ccc(F)cc3)cc2)oc2cc(NS(C)(=O)=O)c([C@@H](C)OC(=O)CC(C)(OC)c3cccc4ccccc34)cc12. The van der Waals surface area contributed by atoms with E-state index in [1.165, 1.54) is 37.4 Å². The zero-order valence-electron chi connectivity index (χ0n) is 29.8. The van der Waals surface area contributed by atoms with E-state index in [0.29, 0.717) is 22.4 Å². The number of fused-ring (bicyclic) bond motifs is 2. The number of hydrogen-bond acceptors (Lipinski definition) is 9. The van der Waals surface area contributed by atoms with E-state index in [9.17, 15) is 22.4 Å². The van der Waals surface area contributed by atoms with Crippen LogP contribution >= 0.6 is 0 Å². The van der Waals surface area contributed by atoms with Gasteiger partial charge in [-0.1, -0.05) is 42.5 Å². The summed E-state index contributed by atoms with van der Waals surface area (Å²) < 4.78 is 70.2. The molecule has 0 spiro atoms. The number of hydrogen-bond donors (Lipinski definition) is 1. The van der Waals surface area contributed by atoms with Crippen LogP contribution in [0, 0.1) is 5.82 Å². The molecule has 0 amide bonds. The molecule has 53 heavy (non-hydrogen) atoms. The maximum Gasteiger partial charge on any atom is 0.342 e. The number of methoxy groups -OCH3 is 1. The number of nitrogens with one attached hydrogen (secondary N) is 1. The number of ether oxygens (including phenoxy) is 4. The van der Waals surface area contributed by atoms with Crippen molar-refractivity contribution in [2.24, 2.45) is 0 Å². The third-order valence-corrected chi connectivity index (χ3v) is 9.43. The zero-order valence-corrected chi connectivity index (χ0v) is 30.6. The first-order chi connectivity index (χ1) is 25.3. The van der Waals surface area contributed by atoms with Crippen molar-refractivity contribution in [1.82, 2.24) is 0 Å². The van der Waals surface area contributed by atoms with Crippen LogP contribution in [0.15, 0.2) is 108 Å². The van der Waals surface area contributed by atoms with Crippen molar-refractivity contribution < 1.29 is 45.8 Å². The van der Waals surface area contributed by atoms with Crippen LogP contribution in [0.3, 0.4) is 0 Å². The minimum absolute atomic E-state index is 0.0823. The van der Waals surface area contributed by atoms with Crippen LogP contribution in [0.4, 0.5) is 10.1 Å². The van der Waals surface area contributed by atoms with E-state index < -0.39 is 33.7 Å². The molecule has 2 atom stereocenters. The van der Waals surface area contributed by atoms with Crippen molar-refractivity contribution in [3.63, 3.8) is 0 Å². The van der Waals surface area contributed by atoms with Crippen molar-refractivity contribution >= 4 is 49.4 Å². The maximum absolute atomic E-state index is 13.6. The third kappa shape index (κ3) is 8.19. The molecule has 0 aliphatic carbocycles. The summed E-state index contributed by atoms with van der Waals surface area (Å²) in [6.45, 7) is 5.18. The van der Waals surface area contributed by atoms with Crippen LogP contribution in [-0.4, -0.2) is 40.3 Å². The number of halogens is 1. The summed E-state index contributed by atoms with van der Waals surface area (Å²) in [6, 6.07) is 28.9. The van der Waals surface area contributed by atoms with Gasteiger partial charge in [-0.2, -0.15) is 0 Å². The summed E-state index contributed by atoms with van der Waals surface area (Å²) in [4.78, 5) is 27.1. The Labute approximate surface area is 306 Å². The predicted octanol–water partition coefficient (Wildman–Crippen LogP) is 9.29. The zero-order chi connectivity index (χ0) is 37.9. The summed E-state index contributed by atoms with van der Waals surface area (Å²) in [5.41, 5.74) is 0.925. The fourth-order valence-electron chi connectivity index (χ4n) is 6.25. The summed E-state index contributed by atoms with van der Waals surface area (Å²) in [5.74, 6) is -0.592. The number of furan rings is 1. The molecule has 0 radical (unpaired) electrons. The first kappa shape index (κ1) is 37.1. The summed E-state index contributed by atoms with van der Waals surface area (Å²) in [5, 5.41) is 2.24. The third-order valence-electron chi connectivity index (χ3n) is 8.84. The fourth-order valence-corrected chi connectivity index (χ4v) is 6.82. The molecule has 1 aromatic heterocycles. The molecule has 0 saturated heterocycles. The average Bonchev–Trinajstić information content (AvgIpc) is 3.50. The molecule has 6 aromatic rings. The Morgan fingerprint density at radius 2 is 1.57 bits per heavy atom. The summed E-state index contributed by atoms with van der Waals surface area (Å²) in [7, 11) is -2.28. The normalized spacial score (nSPS) is 13.3. The van der Waals surface area contributed by atoms with Gasteiger partial charge in [0.1, 0.15) is 45.9 Å². The minimum Gasteiger partial charge on any atom is -0.462 e. The van der Waals surface area contributed by atoms with Gasteiger partial charge in [-0.25, -0.2) is 17.6 Å². The first-order valence-corrected chi connectivity index (χ1v) is 18.7. The van der Waals surface area contributed by atoms with E-state index in [-0.39, 0.29) is 47.0 Å². The molecule has 1 heterocycles. The molecule has 1 N–H and O–H groups in total. The van der Waals surface area contributed by atoms with E-state index in [1.807, 2.05) is 49.4 Å². The first-order valence-electron chi connectivity index (χ1n) is 16.8. The van der Waals surface area contributed by atoms with Crippen LogP contribution in [0.1, 0.15) is 54.8 Å². The molecular formula is C41H38FNO9S. The second-order valence-corrected chi connectivity index (χ2v) is 14.4. The minimum atomic E-state index is -3.81. The Kier molecular flexibility index (Phi) is 10.6. The van der Waals surface area contributed by atoms with Crippen LogP contribution < -0.4 is 9.46 Å². The molecule has 5 aromatic carbocycles. The Hall–Kier alpha value is -5.72. The van der Waals surface area contributed by atoms with Crippen LogP contribution in [0.2, 0.25) is 0 Å². The lowest BCUT2D eigenvalue weighted by atomic mass is 9.88. The molecule has 0 aliphatic heterocycles. The Bertz CT molecular complexity index is 2400. The molecule has 0 saturated carbocycles. The molecule has 274 valence electrons. The number of rotatable bonds is 13. The number of anilines is 1. The molecular weight excluding hydrogens is 702 g/mol. The highest BCUT2D eigenvalue weighted by molar-refractivity contribution is 7.92. The monoisotopic (exact) mass is 739 g/mol. The van der Waals surface area contributed by atoms with Gasteiger partial charge in [-0.05, 0) is 91.7 Å². The van der Waals surface area contributed by atoms with E-state index in [1.54, 1.807) is 44.2 Å². The molecule has 1 unspecified atom stereocenters. The van der Waals surface area contributed by atoms with Gasteiger partial charge in [-0.3, -0.25) is 9.52 Å². The number of benzene rings is 5. The lowest BCUT2D eigenvalue weighted by molar-refractivity contribution is -0.155. The molecule has 0 aliphatic rings. The second-order valence-electron chi connectivity index (χ2n) is 12.7. The Morgan fingerprint density at radius 1 is 0.906 bits per heavy atom. The molecule has 0 bridgehead atoms. The van der Waals surface area contributed by atoms with Crippen molar-refractivity contribution in [1.29, 1.82) is 0 Å². The van der Waals surface area contributed by atoms with Crippen LogP contribution in [0.25, 0.3) is 33.1 Å². The number of sulfonamides is 1. The standard InChI is InChI=1S/C41H38FNO9S/c1-6-49-40(45)38-33-22-32(25(2)50-37(44)24-41(3,48-4)34-13-9-11-26-10-7-8-12-31(26)34)35(43-53(5,46)47)23-36(33)52-39(38)27-14-18-29(19-15-27)51-30-20-16-28(42)17-21-30/h7-23,25,43H,6,24H2,1-5H3/t25-,41?/m1/s1. The molecule has 0 fully saturated rings. The van der Waals surface area contributed by atoms with Gasteiger partial charge in [0, 0.05) is 29.7 Å². The largest absolute Gasteiger partial charge is 0.462 e. The van der Waals surface area contributed by atoms with Crippen molar-refractivity contribution in [3.05, 3.63) is 126 Å². The van der Waals surface area contributed by atoms with Crippen molar-refractivity contribution in [2.45, 2.75) is 38.9 Å². The van der Waals surface area contributed by atoms with Gasteiger partial charge >= 0.3 is 11.9 Å². The number of carbonyl (C=O) groups is 2. The van der Waals surface area contributed by atoms with Gasteiger partial charge in [0.2, 0.25) is 10.0 Å². The van der Waals surface area contributed by atoms with Gasteiger partial charge in [-0.15, -0.1) is 0 Å². The van der Waals surface area contributed by atoms with Crippen LogP contribution in [0.5, 0.6) is 11.5 Å². The second kappa shape index (κ2) is 15.1. The van der Waals surface area contributed by atoms with Gasteiger partial charge in [0.25, 0.3) is 0 Å². The van der Waals surface area contributed by atoms with Crippen molar-refractivity contribution in [2.75, 3.05) is 24.7 Å². The Balaban J connectivity index is 1.36. The lowest BCUT2D eigenvalue weighted by Gasteiger charge is -2.30. The predicted molar refractivity (Wildman–Crippen MR) is 200 cm³/mol. The quantitative estimate of drug-likeness (QED) is 0.115. The van der Waals surface area contributed by atoms with Gasteiger partial charge in [0.15, 0.2) is 0 Å². The van der Waals surface area contributed by atoms with Crippen molar-refractivity contribution in [3.8, 4) is 22.8 Å². The van der Waals surface area contributed by atoms with E-state index in [0.717, 1.165) is 22.6 Å². The average molecular weight is 740 g/mol. The molecule has 12 heteroatoms. The maximum atomic E-state index is 13.6. The van der Waals surface area contributed by atoms with Crippen LogP contribution in [-0.2, 0) is 34.6 Å². The summed E-state index contributed by atoms with van der Waals surface area (Å²) >= 11 is 0. The fraction of sp³-hybridized carbons (Fsp3) is 0.220. The number of carbonyl (C=O) groups excluding carboxylic acids is 2.